The quantitative estimate of drug-likeness (QED) is 0.833. The van der Waals surface area contributed by atoms with E-state index in [1.165, 1.54) is 22.2 Å². The molecule has 0 N–H and O–H groups in total. The van der Waals surface area contributed by atoms with Gasteiger partial charge < -0.3 is 4.90 Å². The molecule has 0 radical (unpaired) electrons. The Labute approximate surface area is 114 Å². The number of aromatic nitrogens is 2. The standard InChI is InChI=1S/C13H15N3O2S/c1-9-7-19-12-11(9)14-8-16(13(12)18)6-10(17)15-4-2-3-5-15/h7-8H,2-6H2,1H3. The number of fused-ring (bicyclic) bond motifs is 1. The largest absolute Gasteiger partial charge is 0.341 e. The first-order valence-corrected chi connectivity index (χ1v) is 7.26. The van der Waals surface area contributed by atoms with E-state index in [2.05, 4.69) is 4.98 Å². The molecule has 1 aliphatic rings. The highest BCUT2D eigenvalue weighted by molar-refractivity contribution is 7.17. The molecule has 2 aromatic heterocycles. The minimum absolute atomic E-state index is 0.00836. The van der Waals surface area contributed by atoms with Crippen molar-refractivity contribution in [1.82, 2.24) is 14.5 Å². The lowest BCUT2D eigenvalue weighted by Crippen LogP contribution is -2.34. The van der Waals surface area contributed by atoms with Crippen molar-refractivity contribution in [1.29, 1.82) is 0 Å². The van der Waals surface area contributed by atoms with E-state index in [1.807, 2.05) is 17.2 Å². The van der Waals surface area contributed by atoms with Crippen molar-refractivity contribution < 1.29 is 4.79 Å². The zero-order chi connectivity index (χ0) is 13.4. The molecule has 1 aliphatic heterocycles. The number of thiophene rings is 1. The fourth-order valence-electron chi connectivity index (χ4n) is 2.39. The molecule has 3 heterocycles. The van der Waals surface area contributed by atoms with Crippen LogP contribution in [0.15, 0.2) is 16.5 Å². The SMILES string of the molecule is Cc1csc2c(=O)n(CC(=O)N3CCCC3)cnc12. The van der Waals surface area contributed by atoms with Gasteiger partial charge in [0.2, 0.25) is 5.91 Å². The summed E-state index contributed by atoms with van der Waals surface area (Å²) in [5.41, 5.74) is 1.64. The molecule has 100 valence electrons. The normalized spacial score (nSPS) is 15.3. The summed E-state index contributed by atoms with van der Waals surface area (Å²) in [4.78, 5) is 30.4. The molecule has 0 bridgehead atoms. The van der Waals surface area contributed by atoms with Crippen LogP contribution in [0.5, 0.6) is 0 Å². The molecule has 1 saturated heterocycles. The van der Waals surface area contributed by atoms with Gasteiger partial charge in [-0.25, -0.2) is 4.98 Å². The van der Waals surface area contributed by atoms with Gasteiger partial charge in [-0.2, -0.15) is 0 Å². The van der Waals surface area contributed by atoms with Gasteiger partial charge >= 0.3 is 0 Å². The van der Waals surface area contributed by atoms with Crippen molar-refractivity contribution in [2.75, 3.05) is 13.1 Å². The Hall–Kier alpha value is -1.69. The summed E-state index contributed by atoms with van der Waals surface area (Å²) in [6.45, 7) is 3.65. The smallest absolute Gasteiger partial charge is 0.271 e. The number of carbonyl (C=O) groups is 1. The van der Waals surface area contributed by atoms with Gasteiger partial charge in [0.05, 0.1) is 11.8 Å². The number of carbonyl (C=O) groups excluding carboxylic acids is 1. The summed E-state index contributed by atoms with van der Waals surface area (Å²) >= 11 is 1.39. The van der Waals surface area contributed by atoms with E-state index in [4.69, 9.17) is 0 Å². The third-order valence-electron chi connectivity index (χ3n) is 3.49. The second-order valence-electron chi connectivity index (χ2n) is 4.86. The molecule has 0 unspecified atom stereocenters. The number of likely N-dealkylation sites (tertiary alicyclic amines) is 1. The summed E-state index contributed by atoms with van der Waals surface area (Å²) in [6, 6.07) is 0. The van der Waals surface area contributed by atoms with Crippen molar-refractivity contribution in [3.63, 3.8) is 0 Å². The number of rotatable bonds is 2. The molecule has 2 aromatic rings. The lowest BCUT2D eigenvalue weighted by atomic mass is 10.3. The van der Waals surface area contributed by atoms with E-state index in [0.29, 0.717) is 4.70 Å². The lowest BCUT2D eigenvalue weighted by Gasteiger charge is -2.15. The second-order valence-corrected chi connectivity index (χ2v) is 5.74. The van der Waals surface area contributed by atoms with Gasteiger partial charge in [0.15, 0.2) is 0 Å². The topological polar surface area (TPSA) is 55.2 Å². The molecule has 19 heavy (non-hydrogen) atoms. The summed E-state index contributed by atoms with van der Waals surface area (Å²) in [5.74, 6) is 0.00836. The fraction of sp³-hybridized carbons (Fsp3) is 0.462. The molecular weight excluding hydrogens is 262 g/mol. The Balaban J connectivity index is 1.90. The van der Waals surface area contributed by atoms with E-state index in [1.54, 1.807) is 0 Å². The van der Waals surface area contributed by atoms with Crippen molar-refractivity contribution in [3.8, 4) is 0 Å². The summed E-state index contributed by atoms with van der Waals surface area (Å²) in [6.07, 6.45) is 3.60. The number of amides is 1. The predicted molar refractivity (Wildman–Crippen MR) is 74.4 cm³/mol. The molecular formula is C13H15N3O2S. The Morgan fingerprint density at radius 2 is 2.16 bits per heavy atom. The van der Waals surface area contributed by atoms with Gasteiger partial charge in [-0.05, 0) is 30.7 Å². The fourth-order valence-corrected chi connectivity index (χ4v) is 3.33. The van der Waals surface area contributed by atoms with E-state index < -0.39 is 0 Å². The zero-order valence-electron chi connectivity index (χ0n) is 10.8. The second kappa shape index (κ2) is 4.77. The number of hydrogen-bond donors (Lipinski definition) is 0. The van der Waals surface area contributed by atoms with Crippen LogP contribution in [0.4, 0.5) is 0 Å². The average Bonchev–Trinajstić information content (AvgIpc) is 3.03. The molecule has 0 aliphatic carbocycles. The molecule has 3 rings (SSSR count). The van der Waals surface area contributed by atoms with E-state index in [9.17, 15) is 9.59 Å². The van der Waals surface area contributed by atoms with E-state index in [-0.39, 0.29) is 18.0 Å². The van der Waals surface area contributed by atoms with Crippen molar-refractivity contribution in [3.05, 3.63) is 27.6 Å². The van der Waals surface area contributed by atoms with Crippen LogP contribution >= 0.6 is 11.3 Å². The van der Waals surface area contributed by atoms with E-state index in [0.717, 1.165) is 37.0 Å². The van der Waals surface area contributed by atoms with Gasteiger partial charge in [0.25, 0.3) is 5.56 Å². The first kappa shape index (κ1) is 12.3. The summed E-state index contributed by atoms with van der Waals surface area (Å²) in [7, 11) is 0. The zero-order valence-corrected chi connectivity index (χ0v) is 11.6. The minimum atomic E-state index is -0.115. The van der Waals surface area contributed by atoms with Gasteiger partial charge in [0, 0.05) is 13.1 Å². The van der Waals surface area contributed by atoms with E-state index >= 15 is 0 Å². The van der Waals surface area contributed by atoms with Crippen LogP contribution in [0.2, 0.25) is 0 Å². The van der Waals surface area contributed by atoms with Gasteiger partial charge in [0.1, 0.15) is 11.2 Å². The first-order valence-electron chi connectivity index (χ1n) is 6.38. The summed E-state index contributed by atoms with van der Waals surface area (Å²) in [5, 5.41) is 1.92. The lowest BCUT2D eigenvalue weighted by molar-refractivity contribution is -0.130. The van der Waals surface area contributed by atoms with Crippen LogP contribution in [0.25, 0.3) is 10.2 Å². The van der Waals surface area contributed by atoms with Crippen LogP contribution in [0, 0.1) is 6.92 Å². The van der Waals surface area contributed by atoms with Crippen LogP contribution < -0.4 is 5.56 Å². The van der Waals surface area contributed by atoms with Crippen LogP contribution in [0.1, 0.15) is 18.4 Å². The van der Waals surface area contributed by atoms with Gasteiger partial charge in [-0.3, -0.25) is 14.2 Å². The molecule has 0 spiro atoms. The average molecular weight is 277 g/mol. The maximum atomic E-state index is 12.3. The first-order chi connectivity index (χ1) is 9.16. The van der Waals surface area contributed by atoms with Crippen molar-refractivity contribution in [2.24, 2.45) is 0 Å². The number of hydrogen-bond acceptors (Lipinski definition) is 4. The minimum Gasteiger partial charge on any atom is -0.341 e. The molecule has 5 nitrogen and oxygen atoms in total. The van der Waals surface area contributed by atoms with Crippen LogP contribution in [-0.2, 0) is 11.3 Å². The number of nitrogens with zero attached hydrogens (tertiary/aromatic N) is 3. The third-order valence-corrected chi connectivity index (χ3v) is 4.56. The van der Waals surface area contributed by atoms with Gasteiger partial charge in [-0.1, -0.05) is 0 Å². The molecule has 0 aromatic carbocycles. The molecule has 0 atom stereocenters. The number of aryl methyl sites for hydroxylation is 1. The van der Waals surface area contributed by atoms with Gasteiger partial charge in [-0.15, -0.1) is 11.3 Å². The van der Waals surface area contributed by atoms with Crippen molar-refractivity contribution in [2.45, 2.75) is 26.3 Å². The van der Waals surface area contributed by atoms with Crippen LogP contribution in [-0.4, -0.2) is 33.4 Å². The maximum absolute atomic E-state index is 12.3. The van der Waals surface area contributed by atoms with Crippen LogP contribution in [0.3, 0.4) is 0 Å². The predicted octanol–water partition coefficient (Wildman–Crippen LogP) is 1.39. The maximum Gasteiger partial charge on any atom is 0.271 e. The summed E-state index contributed by atoms with van der Waals surface area (Å²) < 4.78 is 2.05. The Morgan fingerprint density at radius 1 is 1.42 bits per heavy atom. The Bertz CT molecular complexity index is 683. The third kappa shape index (κ3) is 2.16. The molecule has 0 saturated carbocycles. The highest BCUT2D eigenvalue weighted by Crippen LogP contribution is 2.19. The molecule has 1 fully saturated rings. The highest BCUT2D eigenvalue weighted by atomic mass is 32.1. The molecule has 1 amide bonds. The van der Waals surface area contributed by atoms with Crippen molar-refractivity contribution >= 4 is 27.5 Å². The highest BCUT2D eigenvalue weighted by Gasteiger charge is 2.19. The monoisotopic (exact) mass is 277 g/mol. The Morgan fingerprint density at radius 3 is 2.89 bits per heavy atom. The molecule has 6 heteroatoms. The Kier molecular flexibility index (Phi) is 3.10.